The van der Waals surface area contributed by atoms with Crippen LogP contribution in [-0.4, -0.2) is 18.1 Å². The van der Waals surface area contributed by atoms with Crippen LogP contribution in [0.4, 0.5) is 14.5 Å². The van der Waals surface area contributed by atoms with Gasteiger partial charge in [0.05, 0.1) is 11.3 Å². The number of benzene rings is 2. The molecule has 0 saturated carbocycles. The molecule has 0 radical (unpaired) electrons. The Kier molecular flexibility index (Phi) is 3.46. The molecular weight excluding hydrogens is 252 g/mol. The molecule has 0 atom stereocenters. The van der Waals surface area contributed by atoms with Crippen molar-refractivity contribution in [1.29, 1.82) is 0 Å². The number of carbonyl (C=O) groups excluding carboxylic acids is 1. The molecule has 1 N–H and O–H groups in total. The Morgan fingerprint density at radius 3 is 2.47 bits per heavy atom. The molecule has 0 aliphatic rings. The van der Waals surface area contributed by atoms with Gasteiger partial charge in [0.2, 0.25) is 0 Å². The van der Waals surface area contributed by atoms with Crippen molar-refractivity contribution in [2.75, 3.05) is 11.9 Å². The molecule has 0 fully saturated rings. The average Bonchev–Trinajstić information content (AvgIpc) is 2.38. The third-order valence-electron chi connectivity index (χ3n) is 2.71. The number of phenols is 1. The number of hydrogen-bond acceptors (Lipinski definition) is 2. The number of aromatic hydroxyl groups is 1. The Hall–Kier alpha value is -2.43. The molecule has 2 aromatic rings. The number of phenolic OH excluding ortho intramolecular Hbond substituents is 1. The van der Waals surface area contributed by atoms with Gasteiger partial charge in [0.1, 0.15) is 17.4 Å². The van der Waals surface area contributed by atoms with Crippen LogP contribution in [0.2, 0.25) is 0 Å². The van der Waals surface area contributed by atoms with Crippen LogP contribution in [0.25, 0.3) is 0 Å². The van der Waals surface area contributed by atoms with Crippen LogP contribution < -0.4 is 4.90 Å². The molecule has 0 bridgehead atoms. The Morgan fingerprint density at radius 1 is 1.16 bits per heavy atom. The van der Waals surface area contributed by atoms with Crippen LogP contribution in [0, 0.1) is 11.6 Å². The summed E-state index contributed by atoms with van der Waals surface area (Å²) in [6.45, 7) is 0. The van der Waals surface area contributed by atoms with Gasteiger partial charge in [-0.1, -0.05) is 12.1 Å². The summed E-state index contributed by atoms with van der Waals surface area (Å²) in [4.78, 5) is 13.2. The lowest BCUT2D eigenvalue weighted by Gasteiger charge is -2.18. The van der Waals surface area contributed by atoms with E-state index in [2.05, 4.69) is 0 Å². The number of carbonyl (C=O) groups is 1. The van der Waals surface area contributed by atoms with Crippen molar-refractivity contribution < 1.29 is 18.7 Å². The maximum Gasteiger partial charge on any atom is 0.261 e. The van der Waals surface area contributed by atoms with E-state index in [9.17, 15) is 18.7 Å². The molecule has 1 amide bonds. The van der Waals surface area contributed by atoms with Crippen LogP contribution in [0.1, 0.15) is 10.4 Å². The van der Waals surface area contributed by atoms with Gasteiger partial charge in [-0.3, -0.25) is 4.79 Å². The number of para-hydroxylation sites is 1. The highest BCUT2D eigenvalue weighted by Crippen LogP contribution is 2.24. The Balaban J connectivity index is 2.37. The van der Waals surface area contributed by atoms with E-state index in [1.165, 1.54) is 25.2 Å². The zero-order chi connectivity index (χ0) is 14.0. The van der Waals surface area contributed by atoms with E-state index in [0.717, 1.165) is 23.1 Å². The van der Waals surface area contributed by atoms with Gasteiger partial charge in [0, 0.05) is 13.1 Å². The van der Waals surface area contributed by atoms with Crippen molar-refractivity contribution >= 4 is 11.6 Å². The molecule has 0 spiro atoms. The first-order valence-corrected chi connectivity index (χ1v) is 5.52. The van der Waals surface area contributed by atoms with Gasteiger partial charge in [0.15, 0.2) is 0 Å². The van der Waals surface area contributed by atoms with Gasteiger partial charge in [-0.15, -0.1) is 0 Å². The normalized spacial score (nSPS) is 10.3. The Morgan fingerprint density at radius 2 is 1.84 bits per heavy atom. The number of nitrogens with zero attached hydrogens (tertiary/aromatic N) is 1. The molecule has 0 heterocycles. The summed E-state index contributed by atoms with van der Waals surface area (Å²) in [6.07, 6.45) is 0. The molecule has 2 rings (SSSR count). The van der Waals surface area contributed by atoms with Crippen LogP contribution in [0.5, 0.6) is 5.75 Å². The molecule has 0 aliphatic carbocycles. The average molecular weight is 263 g/mol. The molecule has 2 aromatic carbocycles. The van der Waals surface area contributed by atoms with Gasteiger partial charge < -0.3 is 10.0 Å². The zero-order valence-electron chi connectivity index (χ0n) is 10.1. The smallest absolute Gasteiger partial charge is 0.261 e. The number of anilines is 1. The van der Waals surface area contributed by atoms with Crippen molar-refractivity contribution in [3.8, 4) is 5.75 Å². The summed E-state index contributed by atoms with van der Waals surface area (Å²) in [5, 5.41) is 9.55. The maximum atomic E-state index is 13.6. The van der Waals surface area contributed by atoms with Crippen molar-refractivity contribution in [3.63, 3.8) is 0 Å². The molecule has 0 aromatic heterocycles. The van der Waals surface area contributed by atoms with Crippen molar-refractivity contribution in [3.05, 3.63) is 59.7 Å². The lowest BCUT2D eigenvalue weighted by atomic mass is 10.1. The Bertz CT molecular complexity index is 629. The molecule has 0 unspecified atom stereocenters. The van der Waals surface area contributed by atoms with E-state index in [0.29, 0.717) is 0 Å². The van der Waals surface area contributed by atoms with E-state index >= 15 is 0 Å². The fourth-order valence-electron chi connectivity index (χ4n) is 1.70. The summed E-state index contributed by atoms with van der Waals surface area (Å²) in [7, 11) is 1.38. The second kappa shape index (κ2) is 5.06. The molecule has 3 nitrogen and oxygen atoms in total. The van der Waals surface area contributed by atoms with Gasteiger partial charge in [-0.05, 0) is 24.3 Å². The fourth-order valence-corrected chi connectivity index (χ4v) is 1.70. The van der Waals surface area contributed by atoms with Gasteiger partial charge >= 0.3 is 0 Å². The highest BCUT2D eigenvalue weighted by Gasteiger charge is 2.19. The second-order valence-electron chi connectivity index (χ2n) is 3.98. The van der Waals surface area contributed by atoms with Crippen molar-refractivity contribution in [2.45, 2.75) is 0 Å². The second-order valence-corrected chi connectivity index (χ2v) is 3.98. The quantitative estimate of drug-likeness (QED) is 0.905. The zero-order valence-corrected chi connectivity index (χ0v) is 10.1. The number of halogens is 2. The standard InChI is InChI=1S/C14H11F2NO2/c1-17(12-5-3-2-4-11(12)16)14(19)10-7-6-9(15)8-13(10)18/h2-8,18H,1H3. The molecule has 19 heavy (non-hydrogen) atoms. The summed E-state index contributed by atoms with van der Waals surface area (Å²) in [5.41, 5.74) is -0.0108. The molecule has 0 aliphatic heterocycles. The SMILES string of the molecule is CN(C(=O)c1ccc(F)cc1O)c1ccccc1F. The number of rotatable bonds is 2. The minimum Gasteiger partial charge on any atom is -0.507 e. The first-order chi connectivity index (χ1) is 9.00. The van der Waals surface area contributed by atoms with Gasteiger partial charge in [-0.25, -0.2) is 8.78 Å². The van der Waals surface area contributed by atoms with E-state index in [1.807, 2.05) is 0 Å². The van der Waals surface area contributed by atoms with Crippen molar-refractivity contribution in [2.24, 2.45) is 0 Å². The highest BCUT2D eigenvalue weighted by atomic mass is 19.1. The van der Waals surface area contributed by atoms with E-state index in [4.69, 9.17) is 0 Å². The minimum absolute atomic E-state index is 0.0798. The van der Waals surface area contributed by atoms with E-state index in [-0.39, 0.29) is 11.3 Å². The molecule has 5 heteroatoms. The third-order valence-corrected chi connectivity index (χ3v) is 2.71. The third kappa shape index (κ3) is 2.54. The molecule has 0 saturated heterocycles. The fraction of sp³-hybridized carbons (Fsp3) is 0.0714. The summed E-state index contributed by atoms with van der Waals surface area (Å²) in [6, 6.07) is 8.81. The molecular formula is C14H11F2NO2. The van der Waals surface area contributed by atoms with E-state index < -0.39 is 23.3 Å². The van der Waals surface area contributed by atoms with Gasteiger partial charge in [0.25, 0.3) is 5.91 Å². The van der Waals surface area contributed by atoms with Crippen molar-refractivity contribution in [1.82, 2.24) is 0 Å². The lowest BCUT2D eigenvalue weighted by molar-refractivity contribution is 0.0989. The predicted molar refractivity (Wildman–Crippen MR) is 67.2 cm³/mol. The summed E-state index contributed by atoms with van der Waals surface area (Å²) >= 11 is 0. The predicted octanol–water partition coefficient (Wildman–Crippen LogP) is 2.95. The van der Waals surface area contributed by atoms with E-state index in [1.54, 1.807) is 6.07 Å². The number of hydrogen-bond donors (Lipinski definition) is 1. The van der Waals surface area contributed by atoms with Crippen LogP contribution >= 0.6 is 0 Å². The monoisotopic (exact) mass is 263 g/mol. The first kappa shape index (κ1) is 13.0. The van der Waals surface area contributed by atoms with Crippen LogP contribution in [0.3, 0.4) is 0 Å². The minimum atomic E-state index is -0.650. The topological polar surface area (TPSA) is 40.5 Å². The summed E-state index contributed by atoms with van der Waals surface area (Å²) in [5.74, 6) is -2.31. The van der Waals surface area contributed by atoms with Crippen LogP contribution in [-0.2, 0) is 0 Å². The Labute approximate surface area is 108 Å². The molecule has 98 valence electrons. The summed E-state index contributed by atoms with van der Waals surface area (Å²) < 4.78 is 26.4. The first-order valence-electron chi connectivity index (χ1n) is 5.52. The number of amides is 1. The van der Waals surface area contributed by atoms with Gasteiger partial charge in [-0.2, -0.15) is 0 Å². The largest absolute Gasteiger partial charge is 0.507 e. The van der Waals surface area contributed by atoms with Crippen LogP contribution in [0.15, 0.2) is 42.5 Å². The lowest BCUT2D eigenvalue weighted by Crippen LogP contribution is -2.27. The highest BCUT2D eigenvalue weighted by molar-refractivity contribution is 6.07. The maximum absolute atomic E-state index is 13.6.